The lowest BCUT2D eigenvalue weighted by Crippen LogP contribution is -2.45. The van der Waals surface area contributed by atoms with Crippen molar-refractivity contribution < 1.29 is 5.11 Å². The molecule has 2 atom stereocenters. The van der Waals surface area contributed by atoms with Gasteiger partial charge in [-0.05, 0) is 31.0 Å². The van der Waals surface area contributed by atoms with E-state index in [1.807, 2.05) is 18.2 Å². The summed E-state index contributed by atoms with van der Waals surface area (Å²) >= 11 is 0. The number of aliphatic hydroxyl groups is 1. The van der Waals surface area contributed by atoms with Gasteiger partial charge in [0.2, 0.25) is 0 Å². The maximum absolute atomic E-state index is 10.4. The van der Waals surface area contributed by atoms with Gasteiger partial charge in [0.25, 0.3) is 0 Å². The molecule has 1 aromatic carbocycles. The molecule has 2 aliphatic heterocycles. The minimum atomic E-state index is -0.488. The second-order valence-electron chi connectivity index (χ2n) is 4.96. The van der Waals surface area contributed by atoms with E-state index in [0.717, 1.165) is 42.9 Å². The van der Waals surface area contributed by atoms with Gasteiger partial charge in [0.05, 0.1) is 0 Å². The molecule has 4 heteroatoms. The third kappa shape index (κ3) is 1.82. The molecule has 17 heavy (non-hydrogen) atoms. The predicted octanol–water partition coefficient (Wildman–Crippen LogP) is 0.827. The quantitative estimate of drug-likeness (QED) is 0.629. The highest BCUT2D eigenvalue weighted by Gasteiger charge is 2.34. The Kier molecular flexibility index (Phi) is 2.78. The Labute approximate surface area is 101 Å². The highest BCUT2D eigenvalue weighted by Crippen LogP contribution is 2.37. The first-order chi connectivity index (χ1) is 8.27. The lowest BCUT2D eigenvalue weighted by atomic mass is 10.1. The van der Waals surface area contributed by atoms with E-state index >= 15 is 0 Å². The first-order valence-electron chi connectivity index (χ1n) is 6.29. The van der Waals surface area contributed by atoms with Crippen LogP contribution in [0, 0.1) is 0 Å². The summed E-state index contributed by atoms with van der Waals surface area (Å²) in [5, 5.41) is 13.8. The molecule has 92 valence electrons. The molecule has 2 aliphatic rings. The van der Waals surface area contributed by atoms with Gasteiger partial charge in [-0.3, -0.25) is 4.90 Å². The van der Waals surface area contributed by atoms with Gasteiger partial charge in [-0.25, -0.2) is 0 Å². The fourth-order valence-electron chi connectivity index (χ4n) is 2.94. The summed E-state index contributed by atoms with van der Waals surface area (Å²) in [6.45, 7) is 2.83. The first kappa shape index (κ1) is 11.0. The molecular weight excluding hydrogens is 214 g/mol. The summed E-state index contributed by atoms with van der Waals surface area (Å²) in [7, 11) is 0. The number of nitrogens with two attached hydrogens (primary N) is 1. The number of piperidine rings is 1. The first-order valence-corrected chi connectivity index (χ1v) is 6.29. The van der Waals surface area contributed by atoms with E-state index in [1.165, 1.54) is 6.42 Å². The van der Waals surface area contributed by atoms with Crippen LogP contribution in [0.5, 0.6) is 0 Å². The molecule has 0 amide bonds. The molecule has 0 spiro atoms. The van der Waals surface area contributed by atoms with Crippen molar-refractivity contribution in [2.24, 2.45) is 0 Å². The average molecular weight is 233 g/mol. The third-order valence-electron chi connectivity index (χ3n) is 3.92. The van der Waals surface area contributed by atoms with Gasteiger partial charge in [0, 0.05) is 30.4 Å². The molecule has 0 radical (unpaired) electrons. The van der Waals surface area contributed by atoms with E-state index in [4.69, 9.17) is 5.73 Å². The van der Waals surface area contributed by atoms with Crippen molar-refractivity contribution in [1.29, 1.82) is 0 Å². The van der Waals surface area contributed by atoms with Gasteiger partial charge >= 0.3 is 0 Å². The Bertz CT molecular complexity index is 415. The van der Waals surface area contributed by atoms with Crippen LogP contribution in [-0.2, 0) is 6.54 Å². The van der Waals surface area contributed by atoms with E-state index < -0.39 is 6.23 Å². The van der Waals surface area contributed by atoms with E-state index in [9.17, 15) is 5.11 Å². The predicted molar refractivity (Wildman–Crippen MR) is 67.2 cm³/mol. The van der Waals surface area contributed by atoms with Crippen molar-refractivity contribution in [3.63, 3.8) is 0 Å². The smallest absolute Gasteiger partial charge is 0.134 e. The van der Waals surface area contributed by atoms with Crippen LogP contribution in [0.3, 0.4) is 0 Å². The van der Waals surface area contributed by atoms with Gasteiger partial charge in [-0.15, -0.1) is 0 Å². The summed E-state index contributed by atoms with van der Waals surface area (Å²) < 4.78 is 0. The number of rotatable bonds is 1. The minimum Gasteiger partial charge on any atom is -0.398 e. The van der Waals surface area contributed by atoms with Crippen LogP contribution in [0.4, 0.5) is 5.69 Å². The Hall–Kier alpha value is -1.10. The lowest BCUT2D eigenvalue weighted by Gasteiger charge is -2.33. The van der Waals surface area contributed by atoms with Crippen molar-refractivity contribution >= 4 is 5.69 Å². The molecule has 1 aromatic rings. The zero-order valence-electron chi connectivity index (χ0n) is 9.89. The van der Waals surface area contributed by atoms with Crippen molar-refractivity contribution in [3.05, 3.63) is 29.3 Å². The van der Waals surface area contributed by atoms with E-state index in [-0.39, 0.29) is 0 Å². The van der Waals surface area contributed by atoms with E-state index in [2.05, 4.69) is 10.2 Å². The highest BCUT2D eigenvalue weighted by molar-refractivity contribution is 5.53. The molecular formula is C13H19N3O. The molecule has 4 nitrogen and oxygen atoms in total. The summed E-state index contributed by atoms with van der Waals surface area (Å²) in [4.78, 5) is 2.16. The second-order valence-corrected chi connectivity index (χ2v) is 4.96. The Morgan fingerprint density at radius 2 is 2.29 bits per heavy atom. The van der Waals surface area contributed by atoms with Crippen LogP contribution in [0.2, 0.25) is 0 Å². The number of aliphatic hydroxyl groups excluding tert-OH is 1. The second kappa shape index (κ2) is 4.29. The van der Waals surface area contributed by atoms with Crippen LogP contribution >= 0.6 is 0 Å². The number of hydrogen-bond donors (Lipinski definition) is 3. The molecule has 1 fully saturated rings. The number of anilines is 1. The molecule has 1 saturated heterocycles. The maximum Gasteiger partial charge on any atom is 0.134 e. The number of nitrogens with zero attached hydrogens (tertiary/aromatic N) is 1. The third-order valence-corrected chi connectivity index (χ3v) is 3.92. The van der Waals surface area contributed by atoms with Crippen molar-refractivity contribution in [2.45, 2.75) is 31.7 Å². The number of fused-ring (bicyclic) bond motifs is 1. The van der Waals surface area contributed by atoms with Crippen LogP contribution in [0.15, 0.2) is 18.2 Å². The van der Waals surface area contributed by atoms with Crippen molar-refractivity contribution in [2.75, 3.05) is 18.8 Å². The Morgan fingerprint density at radius 1 is 1.41 bits per heavy atom. The molecule has 0 aliphatic carbocycles. The molecule has 2 heterocycles. The minimum absolute atomic E-state index is 0.422. The van der Waals surface area contributed by atoms with Gasteiger partial charge in [-0.2, -0.15) is 0 Å². The monoisotopic (exact) mass is 233 g/mol. The number of hydrogen-bond acceptors (Lipinski definition) is 4. The molecule has 2 unspecified atom stereocenters. The SMILES string of the molecule is Nc1cccc2c1CN(C1CCCNC1)C2O. The zero-order valence-corrected chi connectivity index (χ0v) is 9.89. The largest absolute Gasteiger partial charge is 0.398 e. The maximum atomic E-state index is 10.4. The van der Waals surface area contributed by atoms with Crippen LogP contribution < -0.4 is 11.1 Å². The Morgan fingerprint density at radius 3 is 3.00 bits per heavy atom. The topological polar surface area (TPSA) is 61.5 Å². The van der Waals surface area contributed by atoms with Gasteiger partial charge in [0.1, 0.15) is 6.23 Å². The van der Waals surface area contributed by atoms with Crippen molar-refractivity contribution in [1.82, 2.24) is 10.2 Å². The summed E-state index contributed by atoms with van der Waals surface area (Å²) in [6, 6.07) is 6.23. The number of nitrogens with one attached hydrogen (secondary N) is 1. The molecule has 0 aromatic heterocycles. The van der Waals surface area contributed by atoms with Gasteiger partial charge < -0.3 is 16.2 Å². The fraction of sp³-hybridized carbons (Fsp3) is 0.538. The summed E-state index contributed by atoms with van der Waals surface area (Å²) in [6.07, 6.45) is 1.84. The Balaban J connectivity index is 1.85. The van der Waals surface area contributed by atoms with Crippen LogP contribution in [0.25, 0.3) is 0 Å². The van der Waals surface area contributed by atoms with Crippen molar-refractivity contribution in [3.8, 4) is 0 Å². The van der Waals surface area contributed by atoms with Gasteiger partial charge in [0.15, 0.2) is 0 Å². The molecule has 4 N–H and O–H groups in total. The fourth-order valence-corrected chi connectivity index (χ4v) is 2.94. The van der Waals surface area contributed by atoms with Gasteiger partial charge in [-0.1, -0.05) is 12.1 Å². The van der Waals surface area contributed by atoms with Crippen LogP contribution in [-0.4, -0.2) is 29.1 Å². The lowest BCUT2D eigenvalue weighted by molar-refractivity contribution is -0.0228. The average Bonchev–Trinajstić information content (AvgIpc) is 2.70. The number of benzene rings is 1. The highest BCUT2D eigenvalue weighted by atomic mass is 16.3. The summed E-state index contributed by atoms with van der Waals surface area (Å²) in [5.41, 5.74) is 8.86. The van der Waals surface area contributed by atoms with E-state index in [1.54, 1.807) is 0 Å². The number of nitrogen functional groups attached to an aromatic ring is 1. The summed E-state index contributed by atoms with van der Waals surface area (Å²) in [5.74, 6) is 0. The van der Waals surface area contributed by atoms with Crippen LogP contribution in [0.1, 0.15) is 30.2 Å². The molecule has 0 saturated carbocycles. The van der Waals surface area contributed by atoms with E-state index in [0.29, 0.717) is 6.04 Å². The zero-order chi connectivity index (χ0) is 11.8. The molecule has 0 bridgehead atoms. The standard InChI is InChI=1S/C13H19N3O/c14-12-5-1-4-10-11(12)8-16(13(10)17)9-3-2-6-15-7-9/h1,4-5,9,13,15,17H,2-3,6-8,14H2. The molecule has 3 rings (SSSR count). The normalized spacial score (nSPS) is 29.2.